The standard InChI is InChI=1S/C24H24N2O3S2/c1-30-20-9-7-18(8-10-20)22-11-12-23-19-13-17(15-26(23)24(22)27)14-25(16-19)31(28,29)21-5-3-2-4-6-21/h2-12,17,19H,13-16H2,1H3/t17-,19+/m0/s1. The maximum atomic E-state index is 13.3. The maximum Gasteiger partial charge on any atom is 0.258 e. The summed E-state index contributed by atoms with van der Waals surface area (Å²) in [4.78, 5) is 14.8. The lowest BCUT2D eigenvalue weighted by molar-refractivity contribution is 0.186. The van der Waals surface area contributed by atoms with Crippen molar-refractivity contribution >= 4 is 21.8 Å². The summed E-state index contributed by atoms with van der Waals surface area (Å²) in [6, 6.07) is 20.6. The quantitative estimate of drug-likeness (QED) is 0.561. The van der Waals surface area contributed by atoms with Gasteiger partial charge in [-0.3, -0.25) is 4.79 Å². The second kappa shape index (κ2) is 7.97. The average molecular weight is 453 g/mol. The Balaban J connectivity index is 1.48. The normalized spacial score (nSPS) is 20.9. The van der Waals surface area contributed by atoms with Crippen LogP contribution in [0.1, 0.15) is 18.0 Å². The highest BCUT2D eigenvalue weighted by Gasteiger charge is 2.39. The van der Waals surface area contributed by atoms with Gasteiger partial charge in [0, 0.05) is 41.7 Å². The second-order valence-electron chi connectivity index (χ2n) is 8.25. The van der Waals surface area contributed by atoms with Crippen molar-refractivity contribution in [3.8, 4) is 11.1 Å². The van der Waals surface area contributed by atoms with E-state index in [9.17, 15) is 13.2 Å². The third-order valence-electron chi connectivity index (χ3n) is 6.35. The van der Waals surface area contributed by atoms with E-state index in [0.29, 0.717) is 30.1 Å². The number of hydrogen-bond acceptors (Lipinski definition) is 4. The Morgan fingerprint density at radius 3 is 2.35 bits per heavy atom. The molecule has 0 spiro atoms. The van der Waals surface area contributed by atoms with Gasteiger partial charge in [-0.1, -0.05) is 30.3 Å². The summed E-state index contributed by atoms with van der Waals surface area (Å²) in [5.74, 6) is 0.170. The summed E-state index contributed by atoms with van der Waals surface area (Å²) in [7, 11) is -3.53. The van der Waals surface area contributed by atoms with E-state index in [1.54, 1.807) is 40.3 Å². The van der Waals surface area contributed by atoms with Gasteiger partial charge in [-0.25, -0.2) is 8.42 Å². The first kappa shape index (κ1) is 20.5. The van der Waals surface area contributed by atoms with E-state index < -0.39 is 10.0 Å². The minimum atomic E-state index is -3.53. The van der Waals surface area contributed by atoms with Crippen LogP contribution in [-0.4, -0.2) is 36.6 Å². The average Bonchev–Trinajstić information content (AvgIpc) is 2.80. The molecule has 2 aliphatic heterocycles. The Bertz CT molecular complexity index is 1270. The third kappa shape index (κ3) is 3.64. The van der Waals surface area contributed by atoms with Gasteiger partial charge >= 0.3 is 0 Å². The highest BCUT2D eigenvalue weighted by Crippen LogP contribution is 2.37. The molecule has 7 heteroatoms. The zero-order valence-electron chi connectivity index (χ0n) is 17.3. The fourth-order valence-electron chi connectivity index (χ4n) is 4.83. The fourth-order valence-corrected chi connectivity index (χ4v) is 6.82. The van der Waals surface area contributed by atoms with Gasteiger partial charge in [-0.15, -0.1) is 11.8 Å². The minimum Gasteiger partial charge on any atom is -0.311 e. The summed E-state index contributed by atoms with van der Waals surface area (Å²) < 4.78 is 29.8. The van der Waals surface area contributed by atoms with Gasteiger partial charge in [0.05, 0.1) is 4.90 Å². The molecule has 160 valence electrons. The number of benzene rings is 2. The smallest absolute Gasteiger partial charge is 0.258 e. The van der Waals surface area contributed by atoms with Crippen molar-refractivity contribution < 1.29 is 8.42 Å². The highest BCUT2D eigenvalue weighted by molar-refractivity contribution is 7.98. The molecule has 3 heterocycles. The number of aromatic nitrogens is 1. The fraction of sp³-hybridized carbons (Fsp3) is 0.292. The Morgan fingerprint density at radius 2 is 1.65 bits per heavy atom. The summed E-state index contributed by atoms with van der Waals surface area (Å²) in [6.07, 6.45) is 2.95. The number of pyridine rings is 1. The Hall–Kier alpha value is -2.35. The van der Waals surface area contributed by atoms with E-state index in [2.05, 4.69) is 0 Å². The van der Waals surface area contributed by atoms with Gasteiger partial charge in [0.2, 0.25) is 10.0 Å². The maximum absolute atomic E-state index is 13.3. The number of rotatable bonds is 4. The van der Waals surface area contributed by atoms with E-state index in [1.807, 2.05) is 53.3 Å². The van der Waals surface area contributed by atoms with Crippen LogP contribution >= 0.6 is 11.8 Å². The van der Waals surface area contributed by atoms with Crippen LogP contribution in [0.2, 0.25) is 0 Å². The van der Waals surface area contributed by atoms with E-state index >= 15 is 0 Å². The van der Waals surface area contributed by atoms with Crippen LogP contribution < -0.4 is 5.56 Å². The molecule has 2 atom stereocenters. The number of piperidine rings is 1. The van der Waals surface area contributed by atoms with Crippen LogP contribution in [0, 0.1) is 5.92 Å². The van der Waals surface area contributed by atoms with E-state index in [-0.39, 0.29) is 17.4 Å². The lowest BCUT2D eigenvalue weighted by Crippen LogP contribution is -2.49. The van der Waals surface area contributed by atoms with Crippen molar-refractivity contribution in [2.45, 2.75) is 28.7 Å². The van der Waals surface area contributed by atoms with E-state index in [4.69, 9.17) is 0 Å². The van der Waals surface area contributed by atoms with Crippen LogP contribution in [-0.2, 0) is 16.6 Å². The number of sulfonamides is 1. The first-order chi connectivity index (χ1) is 15.0. The number of nitrogens with zero attached hydrogens (tertiary/aromatic N) is 2. The lowest BCUT2D eigenvalue weighted by Gasteiger charge is -2.42. The van der Waals surface area contributed by atoms with Crippen LogP contribution in [0.15, 0.2) is 81.3 Å². The largest absolute Gasteiger partial charge is 0.311 e. The van der Waals surface area contributed by atoms with Crippen LogP contribution in [0.4, 0.5) is 0 Å². The Labute approximate surface area is 186 Å². The molecule has 31 heavy (non-hydrogen) atoms. The van der Waals surface area contributed by atoms with Gasteiger partial charge in [-0.05, 0) is 60.6 Å². The summed E-state index contributed by atoms with van der Waals surface area (Å²) in [5, 5.41) is 0. The Morgan fingerprint density at radius 1 is 0.903 bits per heavy atom. The SMILES string of the molecule is CSc1ccc(-c2ccc3n(c2=O)C[C@H]2C[C@@H]3CN(S(=O)(=O)c3ccccc3)C2)cc1. The van der Waals surface area contributed by atoms with Crippen molar-refractivity contribution in [3.05, 3.63) is 82.8 Å². The molecule has 2 aliphatic rings. The van der Waals surface area contributed by atoms with E-state index in [1.165, 1.54) is 0 Å². The predicted molar refractivity (Wildman–Crippen MR) is 124 cm³/mol. The van der Waals surface area contributed by atoms with Gasteiger partial charge in [0.25, 0.3) is 5.56 Å². The van der Waals surface area contributed by atoms with Crippen molar-refractivity contribution in [1.82, 2.24) is 8.87 Å². The minimum absolute atomic E-state index is 0.0171. The van der Waals surface area contributed by atoms with E-state index in [0.717, 1.165) is 22.6 Å². The predicted octanol–water partition coefficient (Wildman–Crippen LogP) is 4.05. The third-order valence-corrected chi connectivity index (χ3v) is 8.94. The summed E-state index contributed by atoms with van der Waals surface area (Å²) in [5.41, 5.74) is 2.58. The van der Waals surface area contributed by atoms with Gasteiger partial charge in [-0.2, -0.15) is 4.31 Å². The second-order valence-corrected chi connectivity index (χ2v) is 11.1. The molecule has 5 rings (SSSR count). The first-order valence-electron chi connectivity index (χ1n) is 10.4. The number of hydrogen-bond donors (Lipinski definition) is 0. The zero-order valence-corrected chi connectivity index (χ0v) is 18.9. The van der Waals surface area contributed by atoms with Crippen molar-refractivity contribution in [1.29, 1.82) is 0 Å². The molecular weight excluding hydrogens is 428 g/mol. The number of thioether (sulfide) groups is 1. The van der Waals surface area contributed by atoms with Crippen molar-refractivity contribution in [3.63, 3.8) is 0 Å². The molecule has 0 aliphatic carbocycles. The monoisotopic (exact) mass is 452 g/mol. The van der Waals surface area contributed by atoms with Crippen molar-refractivity contribution in [2.24, 2.45) is 5.92 Å². The molecule has 1 aromatic heterocycles. The van der Waals surface area contributed by atoms with Gasteiger partial charge in [0.15, 0.2) is 0 Å². The van der Waals surface area contributed by atoms with Crippen molar-refractivity contribution in [2.75, 3.05) is 19.3 Å². The molecule has 1 fully saturated rings. The molecule has 5 nitrogen and oxygen atoms in total. The molecule has 0 saturated carbocycles. The topological polar surface area (TPSA) is 59.4 Å². The molecular formula is C24H24N2O3S2. The summed E-state index contributed by atoms with van der Waals surface area (Å²) >= 11 is 1.67. The van der Waals surface area contributed by atoms with Crippen LogP contribution in [0.5, 0.6) is 0 Å². The van der Waals surface area contributed by atoms with Crippen LogP contribution in [0.25, 0.3) is 11.1 Å². The highest BCUT2D eigenvalue weighted by atomic mass is 32.2. The van der Waals surface area contributed by atoms with Crippen LogP contribution in [0.3, 0.4) is 0 Å². The molecule has 3 aromatic rings. The van der Waals surface area contributed by atoms with Gasteiger partial charge in [0.1, 0.15) is 0 Å². The first-order valence-corrected chi connectivity index (χ1v) is 13.1. The Kier molecular flexibility index (Phi) is 5.28. The lowest BCUT2D eigenvalue weighted by atomic mass is 9.84. The molecule has 2 aromatic carbocycles. The van der Waals surface area contributed by atoms with Gasteiger partial charge < -0.3 is 4.57 Å². The number of fused-ring (bicyclic) bond motifs is 4. The molecule has 0 amide bonds. The molecule has 0 unspecified atom stereocenters. The molecule has 1 saturated heterocycles. The summed E-state index contributed by atoms with van der Waals surface area (Å²) in [6.45, 7) is 1.42. The zero-order chi connectivity index (χ0) is 21.6. The molecule has 0 radical (unpaired) electrons. The molecule has 0 N–H and O–H groups in total. The molecule has 2 bridgehead atoms.